The van der Waals surface area contributed by atoms with Gasteiger partial charge in [0.25, 0.3) is 0 Å². The number of carbonyl (C=O) groups excluding carboxylic acids is 2. The maximum absolute atomic E-state index is 12.4. The highest BCUT2D eigenvalue weighted by Gasteiger charge is 2.35. The maximum atomic E-state index is 12.4. The van der Waals surface area contributed by atoms with E-state index >= 15 is 0 Å². The Morgan fingerprint density at radius 1 is 1.27 bits per heavy atom. The van der Waals surface area contributed by atoms with Crippen LogP contribution in [0.15, 0.2) is 0 Å². The third-order valence-electron chi connectivity index (χ3n) is 5.26. The van der Waals surface area contributed by atoms with Gasteiger partial charge in [-0.25, -0.2) is 0 Å². The van der Waals surface area contributed by atoms with Crippen molar-refractivity contribution in [2.75, 3.05) is 13.1 Å². The van der Waals surface area contributed by atoms with Crippen molar-refractivity contribution >= 4 is 11.8 Å². The largest absolute Gasteiger partial charge is 0.353 e. The van der Waals surface area contributed by atoms with E-state index in [0.717, 1.165) is 38.6 Å². The molecule has 2 fully saturated rings. The van der Waals surface area contributed by atoms with Crippen molar-refractivity contribution in [3.05, 3.63) is 0 Å². The van der Waals surface area contributed by atoms with Crippen LogP contribution in [0.25, 0.3) is 0 Å². The lowest BCUT2D eigenvalue weighted by Crippen LogP contribution is -2.54. The second-order valence-electron chi connectivity index (χ2n) is 7.79. The number of likely N-dealkylation sites (tertiary alicyclic amines) is 1. The number of nitrogens with one attached hydrogen (secondary N) is 1. The van der Waals surface area contributed by atoms with Gasteiger partial charge >= 0.3 is 0 Å². The molecule has 0 spiro atoms. The molecule has 1 heterocycles. The smallest absolute Gasteiger partial charge is 0.224 e. The van der Waals surface area contributed by atoms with E-state index in [1.54, 1.807) is 0 Å². The molecule has 0 aromatic heterocycles. The van der Waals surface area contributed by atoms with Crippen molar-refractivity contribution in [3.8, 4) is 0 Å². The number of carbonyl (C=O) groups is 2. The zero-order chi connectivity index (χ0) is 16.3. The summed E-state index contributed by atoms with van der Waals surface area (Å²) in [6.07, 6.45) is 5.50. The molecule has 0 bridgehead atoms. The number of amides is 2. The molecular formula is C17H31N3O2. The predicted molar refractivity (Wildman–Crippen MR) is 87.1 cm³/mol. The van der Waals surface area contributed by atoms with Crippen LogP contribution in [-0.4, -0.2) is 41.9 Å². The Morgan fingerprint density at radius 3 is 2.50 bits per heavy atom. The molecule has 5 nitrogen and oxygen atoms in total. The highest BCUT2D eigenvalue weighted by molar-refractivity contribution is 5.81. The number of hydrogen-bond acceptors (Lipinski definition) is 3. The first-order valence-corrected chi connectivity index (χ1v) is 8.63. The Balaban J connectivity index is 1.79. The maximum Gasteiger partial charge on any atom is 0.224 e. The molecule has 5 heteroatoms. The molecule has 22 heavy (non-hydrogen) atoms. The van der Waals surface area contributed by atoms with E-state index in [1.165, 1.54) is 0 Å². The summed E-state index contributed by atoms with van der Waals surface area (Å²) in [5, 5.41) is 3.01. The lowest BCUT2D eigenvalue weighted by Gasteiger charge is -2.42. The fraction of sp³-hybridized carbons (Fsp3) is 0.882. The fourth-order valence-electron chi connectivity index (χ4n) is 3.58. The SMILES string of the molecule is CC(CC(=O)N1CCC(N)C(C)(C)C1)NC(=O)C1CCCC1. The van der Waals surface area contributed by atoms with Crippen molar-refractivity contribution in [2.45, 2.75) is 71.4 Å². The zero-order valence-corrected chi connectivity index (χ0v) is 14.2. The summed E-state index contributed by atoms with van der Waals surface area (Å²) in [5.74, 6) is 0.405. The van der Waals surface area contributed by atoms with Crippen LogP contribution in [-0.2, 0) is 9.59 Å². The first-order chi connectivity index (χ1) is 10.3. The second-order valence-corrected chi connectivity index (χ2v) is 7.79. The molecule has 2 rings (SSSR count). The van der Waals surface area contributed by atoms with Crippen molar-refractivity contribution in [1.82, 2.24) is 10.2 Å². The quantitative estimate of drug-likeness (QED) is 0.829. The molecule has 1 saturated carbocycles. The molecule has 0 radical (unpaired) electrons. The average Bonchev–Trinajstić information content (AvgIpc) is 2.95. The Hall–Kier alpha value is -1.10. The minimum Gasteiger partial charge on any atom is -0.353 e. The van der Waals surface area contributed by atoms with Gasteiger partial charge in [0.05, 0.1) is 0 Å². The second kappa shape index (κ2) is 6.99. The summed E-state index contributed by atoms with van der Waals surface area (Å²) in [4.78, 5) is 26.5. The molecule has 0 aromatic carbocycles. The van der Waals surface area contributed by atoms with Crippen molar-refractivity contribution in [2.24, 2.45) is 17.1 Å². The molecule has 1 aliphatic heterocycles. The molecule has 3 N–H and O–H groups in total. The van der Waals surface area contributed by atoms with Crippen LogP contribution in [0.3, 0.4) is 0 Å². The van der Waals surface area contributed by atoms with Gasteiger partial charge in [0, 0.05) is 37.5 Å². The van der Waals surface area contributed by atoms with Gasteiger partial charge in [0.2, 0.25) is 11.8 Å². The van der Waals surface area contributed by atoms with Crippen molar-refractivity contribution in [1.29, 1.82) is 0 Å². The third-order valence-corrected chi connectivity index (χ3v) is 5.26. The Morgan fingerprint density at radius 2 is 1.91 bits per heavy atom. The molecule has 1 aliphatic carbocycles. The van der Waals surface area contributed by atoms with Crippen LogP contribution in [0.5, 0.6) is 0 Å². The van der Waals surface area contributed by atoms with Crippen molar-refractivity contribution in [3.63, 3.8) is 0 Å². The van der Waals surface area contributed by atoms with E-state index in [9.17, 15) is 9.59 Å². The molecule has 2 aliphatic rings. The van der Waals surface area contributed by atoms with Crippen LogP contribution < -0.4 is 11.1 Å². The molecule has 2 unspecified atom stereocenters. The summed E-state index contributed by atoms with van der Waals surface area (Å²) >= 11 is 0. The number of nitrogens with two attached hydrogens (primary N) is 1. The third kappa shape index (κ3) is 4.22. The Labute approximate surface area is 134 Å². The first-order valence-electron chi connectivity index (χ1n) is 8.63. The van der Waals surface area contributed by atoms with E-state index in [-0.39, 0.29) is 35.2 Å². The lowest BCUT2D eigenvalue weighted by atomic mass is 9.79. The monoisotopic (exact) mass is 309 g/mol. The Bertz CT molecular complexity index is 416. The van der Waals surface area contributed by atoms with Gasteiger partial charge in [-0.05, 0) is 31.6 Å². The summed E-state index contributed by atoms with van der Waals surface area (Å²) < 4.78 is 0. The van der Waals surface area contributed by atoms with Gasteiger partial charge in [-0.2, -0.15) is 0 Å². The standard InChI is InChI=1S/C17H31N3O2/c1-12(19-16(22)13-6-4-5-7-13)10-15(21)20-9-8-14(18)17(2,3)11-20/h12-14H,4-11,18H2,1-3H3,(H,19,22). The molecular weight excluding hydrogens is 278 g/mol. The van der Waals surface area contributed by atoms with Crippen LogP contribution in [0.2, 0.25) is 0 Å². The zero-order valence-electron chi connectivity index (χ0n) is 14.2. The number of nitrogens with zero attached hydrogens (tertiary/aromatic N) is 1. The van der Waals surface area contributed by atoms with Gasteiger partial charge in [-0.1, -0.05) is 26.7 Å². The van der Waals surface area contributed by atoms with Gasteiger partial charge in [0.15, 0.2) is 0 Å². The number of rotatable bonds is 4. The summed E-state index contributed by atoms with van der Waals surface area (Å²) in [6.45, 7) is 7.58. The predicted octanol–water partition coefficient (Wildman–Crippen LogP) is 1.66. The highest BCUT2D eigenvalue weighted by atomic mass is 16.2. The molecule has 1 saturated heterocycles. The molecule has 2 atom stereocenters. The van der Waals surface area contributed by atoms with Crippen LogP contribution in [0.4, 0.5) is 0 Å². The first kappa shape index (κ1) is 17.3. The number of hydrogen-bond donors (Lipinski definition) is 2. The summed E-state index contributed by atoms with van der Waals surface area (Å²) in [5.41, 5.74) is 6.08. The molecule has 2 amide bonds. The minimum atomic E-state index is -0.0979. The van der Waals surface area contributed by atoms with Gasteiger partial charge in [-0.15, -0.1) is 0 Å². The van der Waals surface area contributed by atoms with Crippen molar-refractivity contribution < 1.29 is 9.59 Å². The van der Waals surface area contributed by atoms with E-state index in [0.29, 0.717) is 13.0 Å². The van der Waals surface area contributed by atoms with Gasteiger partial charge in [-0.3, -0.25) is 9.59 Å². The van der Waals surface area contributed by atoms with E-state index in [1.807, 2.05) is 11.8 Å². The summed E-state index contributed by atoms with van der Waals surface area (Å²) in [7, 11) is 0. The minimum absolute atomic E-state index is 0.0375. The van der Waals surface area contributed by atoms with Crippen LogP contribution >= 0.6 is 0 Å². The van der Waals surface area contributed by atoms with E-state index in [4.69, 9.17) is 5.73 Å². The molecule has 0 aromatic rings. The van der Waals surface area contributed by atoms with E-state index < -0.39 is 0 Å². The Kier molecular flexibility index (Phi) is 5.48. The normalized spacial score (nSPS) is 26.7. The van der Waals surface area contributed by atoms with Gasteiger partial charge < -0.3 is 16.0 Å². The highest BCUT2D eigenvalue weighted by Crippen LogP contribution is 2.28. The van der Waals surface area contributed by atoms with Crippen LogP contribution in [0.1, 0.15) is 59.3 Å². The van der Waals surface area contributed by atoms with E-state index in [2.05, 4.69) is 19.2 Å². The number of piperidine rings is 1. The van der Waals surface area contributed by atoms with Gasteiger partial charge in [0.1, 0.15) is 0 Å². The van der Waals surface area contributed by atoms with Crippen LogP contribution in [0, 0.1) is 11.3 Å². The molecule has 126 valence electrons. The topological polar surface area (TPSA) is 75.4 Å². The lowest BCUT2D eigenvalue weighted by molar-refractivity contribution is -0.135. The fourth-order valence-corrected chi connectivity index (χ4v) is 3.58. The average molecular weight is 309 g/mol. The summed E-state index contributed by atoms with van der Waals surface area (Å²) in [6, 6.07) is 0.0513.